The summed E-state index contributed by atoms with van der Waals surface area (Å²) in [7, 11) is 0. The van der Waals surface area contributed by atoms with E-state index in [9.17, 15) is 9.90 Å². The maximum absolute atomic E-state index is 12.2. The van der Waals surface area contributed by atoms with Crippen LogP contribution in [-0.4, -0.2) is 27.4 Å². The molecular formula is C14H11N3O4. The van der Waals surface area contributed by atoms with Crippen molar-refractivity contribution in [1.82, 2.24) is 9.55 Å². The summed E-state index contributed by atoms with van der Waals surface area (Å²) in [6, 6.07) is 5.21. The molecule has 7 heteroatoms. The minimum absolute atomic E-state index is 0.0318. The van der Waals surface area contributed by atoms with Crippen molar-refractivity contribution in [3.8, 4) is 11.5 Å². The average molecular weight is 285 g/mol. The molecule has 0 aliphatic carbocycles. The van der Waals surface area contributed by atoms with E-state index in [1.165, 1.54) is 11.0 Å². The number of aliphatic hydroxyl groups excluding tert-OH is 1. The van der Waals surface area contributed by atoms with Gasteiger partial charge in [-0.05, 0) is 12.1 Å². The molecular weight excluding hydrogens is 274 g/mol. The van der Waals surface area contributed by atoms with Gasteiger partial charge in [0, 0.05) is 24.5 Å². The zero-order valence-electron chi connectivity index (χ0n) is 10.8. The molecule has 21 heavy (non-hydrogen) atoms. The highest BCUT2D eigenvalue weighted by molar-refractivity contribution is 6.05. The Kier molecular flexibility index (Phi) is 2.41. The maximum atomic E-state index is 12.2. The van der Waals surface area contributed by atoms with Crippen LogP contribution < -0.4 is 14.4 Å². The van der Waals surface area contributed by atoms with E-state index in [1.807, 2.05) is 0 Å². The first-order valence-electron chi connectivity index (χ1n) is 6.35. The SMILES string of the molecule is O=C1C=C(O)C(n2ccnc2)N1c1ccc2c(c1)OCO2. The van der Waals surface area contributed by atoms with E-state index in [0.717, 1.165) is 0 Å². The number of nitrogens with zero attached hydrogens (tertiary/aromatic N) is 3. The van der Waals surface area contributed by atoms with Crippen molar-refractivity contribution >= 4 is 11.6 Å². The number of aromatic nitrogens is 2. The van der Waals surface area contributed by atoms with Crippen LogP contribution in [-0.2, 0) is 4.79 Å². The third-order valence-electron chi connectivity index (χ3n) is 3.46. The van der Waals surface area contributed by atoms with E-state index in [2.05, 4.69) is 4.98 Å². The van der Waals surface area contributed by atoms with E-state index in [4.69, 9.17) is 9.47 Å². The Balaban J connectivity index is 1.77. The quantitative estimate of drug-likeness (QED) is 0.907. The van der Waals surface area contributed by atoms with Crippen molar-refractivity contribution < 1.29 is 19.4 Å². The van der Waals surface area contributed by atoms with Crippen LogP contribution in [0.5, 0.6) is 11.5 Å². The van der Waals surface area contributed by atoms with Crippen LogP contribution in [0.15, 0.2) is 48.8 Å². The Morgan fingerprint density at radius 1 is 1.29 bits per heavy atom. The van der Waals surface area contributed by atoms with Gasteiger partial charge in [-0.25, -0.2) is 4.98 Å². The number of amides is 1. The van der Waals surface area contributed by atoms with Crippen molar-refractivity contribution in [2.45, 2.75) is 6.17 Å². The summed E-state index contributed by atoms with van der Waals surface area (Å²) in [5.74, 6) is 0.888. The van der Waals surface area contributed by atoms with Gasteiger partial charge in [0.1, 0.15) is 5.76 Å². The van der Waals surface area contributed by atoms with Crippen LogP contribution in [0, 0.1) is 0 Å². The molecule has 1 atom stereocenters. The molecule has 0 fully saturated rings. The Bertz CT molecular complexity index is 739. The van der Waals surface area contributed by atoms with Gasteiger partial charge >= 0.3 is 0 Å². The van der Waals surface area contributed by atoms with E-state index in [1.54, 1.807) is 41.5 Å². The molecule has 7 nitrogen and oxygen atoms in total. The van der Waals surface area contributed by atoms with Crippen LogP contribution in [0.3, 0.4) is 0 Å². The third-order valence-corrected chi connectivity index (χ3v) is 3.46. The number of ether oxygens (including phenoxy) is 2. The van der Waals surface area contributed by atoms with Crippen molar-refractivity contribution in [2.75, 3.05) is 11.7 Å². The molecule has 0 bridgehead atoms. The standard InChI is InChI=1S/C14H11N3O4/c18-10-6-13(19)17(14(10)16-4-3-15-7-16)9-1-2-11-12(5-9)21-8-20-11/h1-7,14,18H,8H2. The normalized spacial score (nSPS) is 20.0. The van der Waals surface area contributed by atoms with Gasteiger partial charge in [0.05, 0.1) is 12.0 Å². The average Bonchev–Trinajstić information content (AvgIpc) is 3.17. The first-order valence-corrected chi connectivity index (χ1v) is 6.35. The summed E-state index contributed by atoms with van der Waals surface area (Å²) in [6.07, 6.45) is 5.39. The molecule has 1 aromatic carbocycles. The Hall–Kier alpha value is -2.96. The topological polar surface area (TPSA) is 76.8 Å². The molecule has 4 rings (SSSR count). The number of imidazole rings is 1. The number of carbonyl (C=O) groups is 1. The lowest BCUT2D eigenvalue weighted by Crippen LogP contribution is -2.32. The second-order valence-electron chi connectivity index (χ2n) is 4.70. The number of anilines is 1. The summed E-state index contributed by atoms with van der Waals surface area (Å²) < 4.78 is 12.2. The number of benzene rings is 1. The lowest BCUT2D eigenvalue weighted by Gasteiger charge is -2.26. The van der Waals surface area contributed by atoms with Crippen molar-refractivity contribution in [3.63, 3.8) is 0 Å². The highest BCUT2D eigenvalue weighted by Gasteiger charge is 2.35. The highest BCUT2D eigenvalue weighted by atomic mass is 16.7. The fourth-order valence-electron chi connectivity index (χ4n) is 2.53. The number of fused-ring (bicyclic) bond motifs is 1. The monoisotopic (exact) mass is 285 g/mol. The molecule has 0 saturated heterocycles. The second kappa shape index (κ2) is 4.27. The lowest BCUT2D eigenvalue weighted by molar-refractivity contribution is -0.114. The third kappa shape index (κ3) is 1.74. The molecule has 106 valence electrons. The van der Waals surface area contributed by atoms with Gasteiger partial charge in [-0.2, -0.15) is 0 Å². The molecule has 1 amide bonds. The van der Waals surface area contributed by atoms with E-state index in [0.29, 0.717) is 17.2 Å². The van der Waals surface area contributed by atoms with Gasteiger partial charge in [-0.15, -0.1) is 0 Å². The molecule has 2 aromatic rings. The number of rotatable bonds is 2. The smallest absolute Gasteiger partial charge is 0.256 e. The fraction of sp³-hybridized carbons (Fsp3) is 0.143. The Labute approximate surface area is 119 Å². The predicted octanol–water partition coefficient (Wildman–Crippen LogP) is 1.60. The molecule has 1 unspecified atom stereocenters. The van der Waals surface area contributed by atoms with E-state index < -0.39 is 6.17 Å². The van der Waals surface area contributed by atoms with Gasteiger partial charge in [0.15, 0.2) is 17.7 Å². The fourth-order valence-corrected chi connectivity index (χ4v) is 2.53. The minimum Gasteiger partial charge on any atom is -0.508 e. The summed E-state index contributed by atoms with van der Waals surface area (Å²) >= 11 is 0. The van der Waals surface area contributed by atoms with Gasteiger partial charge in [0.25, 0.3) is 5.91 Å². The minimum atomic E-state index is -0.639. The zero-order valence-corrected chi connectivity index (χ0v) is 10.8. The molecule has 3 heterocycles. The van der Waals surface area contributed by atoms with E-state index in [-0.39, 0.29) is 18.5 Å². The molecule has 0 radical (unpaired) electrons. The van der Waals surface area contributed by atoms with Gasteiger partial charge in [-0.3, -0.25) is 9.69 Å². The Morgan fingerprint density at radius 2 is 2.14 bits per heavy atom. The van der Waals surface area contributed by atoms with Gasteiger partial charge in [-0.1, -0.05) is 0 Å². The largest absolute Gasteiger partial charge is 0.508 e. The van der Waals surface area contributed by atoms with Crippen LogP contribution in [0.4, 0.5) is 5.69 Å². The lowest BCUT2D eigenvalue weighted by atomic mass is 10.2. The highest BCUT2D eigenvalue weighted by Crippen LogP contribution is 2.39. The van der Waals surface area contributed by atoms with E-state index >= 15 is 0 Å². The summed E-state index contributed by atoms with van der Waals surface area (Å²) in [4.78, 5) is 17.6. The van der Waals surface area contributed by atoms with Crippen LogP contribution >= 0.6 is 0 Å². The first-order chi connectivity index (χ1) is 10.2. The number of aliphatic hydroxyl groups is 1. The summed E-state index contributed by atoms with van der Waals surface area (Å²) in [5, 5.41) is 10.1. The summed E-state index contributed by atoms with van der Waals surface area (Å²) in [6.45, 7) is 0.168. The van der Waals surface area contributed by atoms with Crippen LogP contribution in [0.2, 0.25) is 0 Å². The number of hydrogen-bond acceptors (Lipinski definition) is 5. The molecule has 1 N–H and O–H groups in total. The maximum Gasteiger partial charge on any atom is 0.256 e. The molecule has 0 spiro atoms. The number of carbonyl (C=O) groups excluding carboxylic acids is 1. The zero-order chi connectivity index (χ0) is 14.4. The molecule has 2 aliphatic heterocycles. The number of hydrogen-bond donors (Lipinski definition) is 1. The molecule has 2 aliphatic rings. The molecule has 0 saturated carbocycles. The van der Waals surface area contributed by atoms with Crippen molar-refractivity contribution in [2.24, 2.45) is 0 Å². The second-order valence-corrected chi connectivity index (χ2v) is 4.70. The van der Waals surface area contributed by atoms with Crippen molar-refractivity contribution in [3.05, 3.63) is 48.8 Å². The predicted molar refractivity (Wildman–Crippen MR) is 72.0 cm³/mol. The summed E-state index contributed by atoms with van der Waals surface area (Å²) in [5.41, 5.74) is 0.614. The van der Waals surface area contributed by atoms with Crippen LogP contribution in [0.25, 0.3) is 0 Å². The van der Waals surface area contributed by atoms with Gasteiger partial charge in [0.2, 0.25) is 6.79 Å². The van der Waals surface area contributed by atoms with Crippen LogP contribution in [0.1, 0.15) is 6.17 Å². The van der Waals surface area contributed by atoms with Gasteiger partial charge < -0.3 is 19.1 Å². The van der Waals surface area contributed by atoms with Crippen molar-refractivity contribution in [1.29, 1.82) is 0 Å². The Morgan fingerprint density at radius 3 is 2.95 bits per heavy atom. The first kappa shape index (κ1) is 11.8. The molecule has 1 aromatic heterocycles.